The van der Waals surface area contributed by atoms with Crippen molar-refractivity contribution in [2.75, 3.05) is 0 Å². The molecule has 4 heteroatoms. The molecule has 0 aromatic heterocycles. The van der Waals surface area contributed by atoms with Gasteiger partial charge in [0.05, 0.1) is 6.42 Å². The number of nitrogens with one attached hydrogen (secondary N) is 1. The van der Waals surface area contributed by atoms with Gasteiger partial charge in [0.15, 0.2) is 0 Å². The second kappa shape index (κ2) is 11.6. The van der Waals surface area contributed by atoms with Crippen molar-refractivity contribution in [2.24, 2.45) is 0 Å². The number of carbonyl (C=O) groups is 2. The summed E-state index contributed by atoms with van der Waals surface area (Å²) in [6, 6.07) is 38.0. The number of carbonyl (C=O) groups excluding carboxylic acids is 2. The summed E-state index contributed by atoms with van der Waals surface area (Å²) in [7, 11) is 0. The van der Waals surface area contributed by atoms with Gasteiger partial charge in [-0.25, -0.2) is 0 Å². The van der Waals surface area contributed by atoms with Crippen LogP contribution in [-0.4, -0.2) is 16.7 Å². The summed E-state index contributed by atoms with van der Waals surface area (Å²) in [6.07, 6.45) is 0.225. The Balaban J connectivity index is 1.66. The zero-order chi connectivity index (χ0) is 23.6. The quantitative estimate of drug-likeness (QED) is 0.377. The van der Waals surface area contributed by atoms with Crippen LogP contribution in [0, 0.1) is 0 Å². The minimum atomic E-state index is -0.749. The molecule has 0 fully saturated rings. The summed E-state index contributed by atoms with van der Waals surface area (Å²) < 4.78 is 0. The molecule has 0 saturated carbocycles. The van der Waals surface area contributed by atoms with E-state index in [0.717, 1.165) is 22.3 Å². The van der Waals surface area contributed by atoms with Gasteiger partial charge in [-0.05, 0) is 22.3 Å². The summed E-state index contributed by atoms with van der Waals surface area (Å²) in [5, 5.41) is 3.05. The van der Waals surface area contributed by atoms with Crippen molar-refractivity contribution in [2.45, 2.75) is 25.6 Å². The van der Waals surface area contributed by atoms with Gasteiger partial charge < -0.3 is 10.2 Å². The highest BCUT2D eigenvalue weighted by molar-refractivity contribution is 5.89. The van der Waals surface area contributed by atoms with E-state index in [9.17, 15) is 9.59 Å². The van der Waals surface area contributed by atoms with Crippen molar-refractivity contribution >= 4 is 11.8 Å². The Bertz CT molecular complexity index is 1180. The lowest BCUT2D eigenvalue weighted by Gasteiger charge is -2.32. The topological polar surface area (TPSA) is 49.4 Å². The second-order valence-electron chi connectivity index (χ2n) is 8.19. The smallest absolute Gasteiger partial charge is 0.247 e. The normalized spacial score (nSPS) is 11.4. The third-order valence-electron chi connectivity index (χ3n) is 5.70. The molecule has 2 amide bonds. The Morgan fingerprint density at radius 3 is 1.65 bits per heavy atom. The first kappa shape index (κ1) is 23.0. The number of amides is 2. The summed E-state index contributed by atoms with van der Waals surface area (Å²) in [5.74, 6) is -0.300. The van der Waals surface area contributed by atoms with E-state index >= 15 is 0 Å². The van der Waals surface area contributed by atoms with Crippen molar-refractivity contribution < 1.29 is 9.59 Å². The van der Waals surface area contributed by atoms with Crippen LogP contribution in [0.2, 0.25) is 0 Å². The highest BCUT2D eigenvalue weighted by Crippen LogP contribution is 2.25. The predicted octanol–water partition coefficient (Wildman–Crippen LogP) is 5.32. The molecule has 4 aromatic rings. The zero-order valence-electron chi connectivity index (χ0n) is 19.0. The monoisotopic (exact) mass is 448 g/mol. The first-order chi connectivity index (χ1) is 16.7. The van der Waals surface area contributed by atoms with Gasteiger partial charge in [0.1, 0.15) is 6.04 Å². The van der Waals surface area contributed by atoms with Gasteiger partial charge in [0.2, 0.25) is 11.8 Å². The first-order valence-corrected chi connectivity index (χ1v) is 11.4. The standard InChI is InChI=1S/C30H28N2O2/c33-28(21-24-13-5-1-6-14-24)32(23-26-17-9-3-10-18-26)29(27-19-11-4-12-20-27)30(34)31-22-25-15-7-2-8-16-25/h1-20,29H,21-23H2,(H,31,34)/t29-/m1/s1. The number of hydrogen-bond donors (Lipinski definition) is 1. The molecular weight excluding hydrogens is 420 g/mol. The zero-order valence-corrected chi connectivity index (χ0v) is 19.0. The van der Waals surface area contributed by atoms with E-state index in [-0.39, 0.29) is 18.2 Å². The molecule has 0 saturated heterocycles. The average molecular weight is 449 g/mol. The molecule has 4 aromatic carbocycles. The molecule has 4 rings (SSSR count). The Morgan fingerprint density at radius 2 is 1.09 bits per heavy atom. The highest BCUT2D eigenvalue weighted by Gasteiger charge is 2.31. The van der Waals surface area contributed by atoms with Crippen LogP contribution in [0.1, 0.15) is 28.3 Å². The van der Waals surface area contributed by atoms with Crippen molar-refractivity contribution in [1.29, 1.82) is 0 Å². The highest BCUT2D eigenvalue weighted by atomic mass is 16.2. The van der Waals surface area contributed by atoms with E-state index in [1.54, 1.807) is 4.90 Å². The second-order valence-corrected chi connectivity index (χ2v) is 8.19. The van der Waals surface area contributed by atoms with Crippen LogP contribution in [0.5, 0.6) is 0 Å². The van der Waals surface area contributed by atoms with Crippen LogP contribution in [0.25, 0.3) is 0 Å². The minimum Gasteiger partial charge on any atom is -0.350 e. The lowest BCUT2D eigenvalue weighted by Crippen LogP contribution is -2.43. The third kappa shape index (κ3) is 6.20. The Morgan fingerprint density at radius 1 is 0.618 bits per heavy atom. The fourth-order valence-electron chi connectivity index (χ4n) is 3.97. The largest absolute Gasteiger partial charge is 0.350 e. The number of hydrogen-bond acceptors (Lipinski definition) is 2. The summed E-state index contributed by atoms with van der Waals surface area (Å²) >= 11 is 0. The van der Waals surface area contributed by atoms with E-state index in [2.05, 4.69) is 5.32 Å². The fraction of sp³-hybridized carbons (Fsp3) is 0.133. The van der Waals surface area contributed by atoms with Gasteiger partial charge in [0.25, 0.3) is 0 Å². The molecule has 34 heavy (non-hydrogen) atoms. The van der Waals surface area contributed by atoms with Crippen LogP contribution in [0.15, 0.2) is 121 Å². The minimum absolute atomic E-state index is 0.0984. The van der Waals surface area contributed by atoms with E-state index in [1.807, 2.05) is 121 Å². The van der Waals surface area contributed by atoms with Gasteiger partial charge >= 0.3 is 0 Å². The number of nitrogens with zero attached hydrogens (tertiary/aromatic N) is 1. The van der Waals surface area contributed by atoms with Crippen LogP contribution in [0.3, 0.4) is 0 Å². The molecule has 4 nitrogen and oxygen atoms in total. The van der Waals surface area contributed by atoms with E-state index in [0.29, 0.717) is 13.1 Å². The maximum Gasteiger partial charge on any atom is 0.247 e. The van der Waals surface area contributed by atoms with Gasteiger partial charge in [-0.2, -0.15) is 0 Å². The molecule has 0 aliphatic carbocycles. The van der Waals surface area contributed by atoms with Gasteiger partial charge in [0, 0.05) is 13.1 Å². The Hall–Kier alpha value is -4.18. The van der Waals surface area contributed by atoms with Crippen molar-refractivity contribution in [3.05, 3.63) is 144 Å². The first-order valence-electron chi connectivity index (χ1n) is 11.4. The molecule has 1 atom stereocenters. The molecule has 0 heterocycles. The maximum absolute atomic E-state index is 13.7. The molecule has 0 spiro atoms. The van der Waals surface area contributed by atoms with E-state index < -0.39 is 6.04 Å². The van der Waals surface area contributed by atoms with Gasteiger partial charge in [-0.1, -0.05) is 121 Å². The van der Waals surface area contributed by atoms with Crippen LogP contribution < -0.4 is 5.32 Å². The summed E-state index contributed by atoms with van der Waals surface area (Å²) in [6.45, 7) is 0.736. The molecule has 0 aliphatic rings. The fourth-order valence-corrected chi connectivity index (χ4v) is 3.97. The lowest BCUT2D eigenvalue weighted by molar-refractivity contribution is -0.141. The maximum atomic E-state index is 13.7. The van der Waals surface area contributed by atoms with Crippen molar-refractivity contribution in [3.8, 4) is 0 Å². The van der Waals surface area contributed by atoms with Gasteiger partial charge in [-0.3, -0.25) is 9.59 Å². The van der Waals surface area contributed by atoms with E-state index in [1.165, 1.54) is 0 Å². The molecule has 0 radical (unpaired) electrons. The Labute approximate surface area is 200 Å². The molecular formula is C30H28N2O2. The molecule has 1 N–H and O–H groups in total. The number of benzene rings is 4. The Kier molecular flexibility index (Phi) is 7.86. The SMILES string of the molecule is O=C(NCc1ccccc1)[C@@H](c1ccccc1)N(Cc1ccccc1)C(=O)Cc1ccccc1. The molecule has 0 aliphatic heterocycles. The van der Waals surface area contributed by atoms with Crippen LogP contribution in [-0.2, 0) is 29.1 Å². The van der Waals surface area contributed by atoms with Crippen LogP contribution in [0.4, 0.5) is 0 Å². The van der Waals surface area contributed by atoms with Gasteiger partial charge in [-0.15, -0.1) is 0 Å². The molecule has 170 valence electrons. The van der Waals surface area contributed by atoms with Crippen molar-refractivity contribution in [1.82, 2.24) is 10.2 Å². The number of rotatable bonds is 9. The van der Waals surface area contributed by atoms with Crippen LogP contribution >= 0.6 is 0 Å². The lowest BCUT2D eigenvalue weighted by atomic mass is 10.0. The molecule has 0 unspecified atom stereocenters. The van der Waals surface area contributed by atoms with Crippen molar-refractivity contribution in [3.63, 3.8) is 0 Å². The molecule has 0 bridgehead atoms. The summed E-state index contributed by atoms with van der Waals surface area (Å²) in [5.41, 5.74) is 3.68. The summed E-state index contributed by atoms with van der Waals surface area (Å²) in [4.78, 5) is 28.9. The predicted molar refractivity (Wildman–Crippen MR) is 135 cm³/mol. The third-order valence-corrected chi connectivity index (χ3v) is 5.70. The van der Waals surface area contributed by atoms with E-state index in [4.69, 9.17) is 0 Å². The average Bonchev–Trinajstić information content (AvgIpc) is 2.89.